The standard InChI is InChI=1S/C17H27N3O6/c1-9(2)12(13(21)20-7-5-6-11(20)15(23)26-4)19-16(24)17(18)8-10(17)14(22)25-3/h9-12H,5-8,18H2,1-4H3,(H,19,24)/t10?,11-,12-,17?/m0/s1. The number of rotatable bonds is 6. The van der Waals surface area contributed by atoms with Crippen molar-refractivity contribution < 1.29 is 28.7 Å². The number of hydrogen-bond donors (Lipinski definition) is 2. The Bertz CT molecular complexity index is 607. The number of esters is 2. The van der Waals surface area contributed by atoms with Crippen LogP contribution >= 0.6 is 0 Å². The lowest BCUT2D eigenvalue weighted by Crippen LogP contribution is -2.57. The molecule has 9 heteroatoms. The Labute approximate surface area is 152 Å². The molecule has 3 N–H and O–H groups in total. The van der Waals surface area contributed by atoms with Gasteiger partial charge in [-0.05, 0) is 25.2 Å². The van der Waals surface area contributed by atoms with Crippen LogP contribution in [-0.4, -0.2) is 67.0 Å². The van der Waals surface area contributed by atoms with E-state index in [9.17, 15) is 19.2 Å². The molecule has 0 aromatic rings. The van der Waals surface area contributed by atoms with Gasteiger partial charge in [-0.3, -0.25) is 14.4 Å². The molecule has 0 bridgehead atoms. The molecule has 1 saturated heterocycles. The number of carbonyl (C=O) groups is 4. The van der Waals surface area contributed by atoms with Gasteiger partial charge in [-0.1, -0.05) is 13.8 Å². The van der Waals surface area contributed by atoms with Crippen molar-refractivity contribution in [1.29, 1.82) is 0 Å². The third-order valence-corrected chi connectivity index (χ3v) is 5.14. The number of ether oxygens (including phenoxy) is 2. The first-order chi connectivity index (χ1) is 12.2. The van der Waals surface area contributed by atoms with Crippen LogP contribution in [0.4, 0.5) is 0 Å². The molecule has 2 fully saturated rings. The molecule has 2 aliphatic rings. The largest absolute Gasteiger partial charge is 0.469 e. The zero-order valence-electron chi connectivity index (χ0n) is 15.6. The van der Waals surface area contributed by atoms with Gasteiger partial charge >= 0.3 is 11.9 Å². The second-order valence-electron chi connectivity index (χ2n) is 7.23. The molecule has 1 aliphatic heterocycles. The highest BCUT2D eigenvalue weighted by molar-refractivity contribution is 6.00. The van der Waals surface area contributed by atoms with E-state index in [4.69, 9.17) is 10.5 Å². The van der Waals surface area contributed by atoms with E-state index in [1.165, 1.54) is 19.1 Å². The molecule has 2 unspecified atom stereocenters. The van der Waals surface area contributed by atoms with Crippen LogP contribution in [0.2, 0.25) is 0 Å². The van der Waals surface area contributed by atoms with E-state index < -0.39 is 41.4 Å². The van der Waals surface area contributed by atoms with Crippen LogP contribution in [0.3, 0.4) is 0 Å². The molecule has 4 atom stereocenters. The number of methoxy groups -OCH3 is 2. The Morgan fingerprint density at radius 2 is 1.77 bits per heavy atom. The SMILES string of the molecule is COC(=O)C1CC1(N)C(=O)N[C@H](C(=O)N1CCC[C@H]1C(=O)OC)C(C)C. The van der Waals surface area contributed by atoms with Crippen molar-refractivity contribution in [3.8, 4) is 0 Å². The van der Waals surface area contributed by atoms with Gasteiger partial charge in [0.15, 0.2) is 0 Å². The first kappa shape index (κ1) is 20.2. The van der Waals surface area contributed by atoms with Crippen LogP contribution < -0.4 is 11.1 Å². The van der Waals surface area contributed by atoms with Gasteiger partial charge in [-0.2, -0.15) is 0 Å². The van der Waals surface area contributed by atoms with Gasteiger partial charge in [0.1, 0.15) is 17.6 Å². The van der Waals surface area contributed by atoms with Crippen LogP contribution in [-0.2, 0) is 28.7 Å². The van der Waals surface area contributed by atoms with Crippen molar-refractivity contribution in [2.75, 3.05) is 20.8 Å². The smallest absolute Gasteiger partial charge is 0.328 e. The lowest BCUT2D eigenvalue weighted by atomic mass is 10.0. The van der Waals surface area contributed by atoms with E-state index in [2.05, 4.69) is 10.1 Å². The summed E-state index contributed by atoms with van der Waals surface area (Å²) in [4.78, 5) is 50.4. The van der Waals surface area contributed by atoms with E-state index in [0.717, 1.165) is 0 Å². The summed E-state index contributed by atoms with van der Waals surface area (Å²) in [6, 6.07) is -1.48. The maximum atomic E-state index is 12.9. The summed E-state index contributed by atoms with van der Waals surface area (Å²) in [5.74, 6) is -2.84. The minimum absolute atomic E-state index is 0.180. The summed E-state index contributed by atoms with van der Waals surface area (Å²) < 4.78 is 9.39. The Morgan fingerprint density at radius 3 is 2.31 bits per heavy atom. The maximum absolute atomic E-state index is 12.9. The zero-order valence-corrected chi connectivity index (χ0v) is 15.6. The number of likely N-dealkylation sites (tertiary alicyclic amines) is 1. The molecule has 1 saturated carbocycles. The lowest BCUT2D eigenvalue weighted by molar-refractivity contribution is -0.152. The average Bonchev–Trinajstić information content (AvgIpc) is 3.08. The van der Waals surface area contributed by atoms with E-state index in [-0.39, 0.29) is 18.2 Å². The van der Waals surface area contributed by atoms with Crippen molar-refractivity contribution in [3.63, 3.8) is 0 Å². The van der Waals surface area contributed by atoms with Gasteiger partial charge in [0.2, 0.25) is 11.8 Å². The number of nitrogens with one attached hydrogen (secondary N) is 1. The first-order valence-electron chi connectivity index (χ1n) is 8.73. The van der Waals surface area contributed by atoms with Gasteiger partial charge in [0.25, 0.3) is 0 Å². The monoisotopic (exact) mass is 369 g/mol. The van der Waals surface area contributed by atoms with E-state index >= 15 is 0 Å². The summed E-state index contributed by atoms with van der Waals surface area (Å²) in [5.41, 5.74) is 4.64. The quantitative estimate of drug-likeness (QED) is 0.586. The molecular formula is C17H27N3O6. The molecule has 0 spiro atoms. The van der Waals surface area contributed by atoms with Crippen LogP contribution in [0, 0.1) is 11.8 Å². The highest BCUT2D eigenvalue weighted by Gasteiger charge is 2.62. The summed E-state index contributed by atoms with van der Waals surface area (Å²) >= 11 is 0. The minimum Gasteiger partial charge on any atom is -0.469 e. The third-order valence-electron chi connectivity index (χ3n) is 5.14. The molecule has 0 aromatic carbocycles. The van der Waals surface area contributed by atoms with Crippen molar-refractivity contribution in [1.82, 2.24) is 10.2 Å². The number of nitrogens with two attached hydrogens (primary N) is 1. The van der Waals surface area contributed by atoms with Crippen LogP contribution in [0.15, 0.2) is 0 Å². The van der Waals surface area contributed by atoms with Crippen LogP contribution in [0.25, 0.3) is 0 Å². The second kappa shape index (κ2) is 7.61. The highest BCUT2D eigenvalue weighted by Crippen LogP contribution is 2.42. The molecule has 9 nitrogen and oxygen atoms in total. The molecule has 26 heavy (non-hydrogen) atoms. The van der Waals surface area contributed by atoms with Crippen LogP contribution in [0.5, 0.6) is 0 Å². The fourth-order valence-electron chi connectivity index (χ4n) is 3.35. The minimum atomic E-state index is -1.35. The van der Waals surface area contributed by atoms with Crippen molar-refractivity contribution in [2.45, 2.75) is 50.7 Å². The molecule has 0 aromatic heterocycles. The van der Waals surface area contributed by atoms with E-state index in [1.54, 1.807) is 13.8 Å². The fraction of sp³-hybridized carbons (Fsp3) is 0.765. The number of hydrogen-bond acceptors (Lipinski definition) is 7. The van der Waals surface area contributed by atoms with Gasteiger partial charge in [-0.25, -0.2) is 4.79 Å². The first-order valence-corrected chi connectivity index (χ1v) is 8.73. The van der Waals surface area contributed by atoms with Crippen molar-refractivity contribution in [2.24, 2.45) is 17.6 Å². The molecule has 146 valence electrons. The topological polar surface area (TPSA) is 128 Å². The Kier molecular flexibility index (Phi) is 5.90. The Hall–Kier alpha value is -2.16. The highest BCUT2D eigenvalue weighted by atomic mass is 16.5. The summed E-state index contributed by atoms with van der Waals surface area (Å²) in [6.07, 6.45) is 1.40. The maximum Gasteiger partial charge on any atom is 0.328 e. The summed E-state index contributed by atoms with van der Waals surface area (Å²) in [6.45, 7) is 4.01. The number of amides is 2. The fourth-order valence-corrected chi connectivity index (χ4v) is 3.35. The molecule has 2 rings (SSSR count). The summed E-state index contributed by atoms with van der Waals surface area (Å²) in [5, 5.41) is 2.67. The van der Waals surface area contributed by atoms with Crippen molar-refractivity contribution in [3.05, 3.63) is 0 Å². The predicted molar refractivity (Wildman–Crippen MR) is 90.6 cm³/mol. The molecule has 1 aliphatic carbocycles. The molecule has 1 heterocycles. The van der Waals surface area contributed by atoms with Gasteiger partial charge in [0, 0.05) is 6.54 Å². The van der Waals surface area contributed by atoms with Crippen LogP contribution in [0.1, 0.15) is 33.1 Å². The average molecular weight is 369 g/mol. The van der Waals surface area contributed by atoms with Crippen molar-refractivity contribution >= 4 is 23.8 Å². The Balaban J connectivity index is 2.09. The van der Waals surface area contributed by atoms with E-state index in [0.29, 0.717) is 19.4 Å². The van der Waals surface area contributed by atoms with Gasteiger partial charge in [-0.15, -0.1) is 0 Å². The third kappa shape index (κ3) is 3.67. The Morgan fingerprint density at radius 1 is 1.15 bits per heavy atom. The second-order valence-corrected chi connectivity index (χ2v) is 7.23. The van der Waals surface area contributed by atoms with Gasteiger partial charge in [0.05, 0.1) is 20.1 Å². The van der Waals surface area contributed by atoms with Gasteiger partial charge < -0.3 is 25.4 Å². The zero-order chi connectivity index (χ0) is 19.6. The molecule has 0 radical (unpaired) electrons. The molecular weight excluding hydrogens is 342 g/mol. The molecule has 2 amide bonds. The normalized spacial score (nSPS) is 28.5. The number of nitrogens with zero attached hydrogens (tertiary/aromatic N) is 1. The lowest BCUT2D eigenvalue weighted by Gasteiger charge is -2.30. The predicted octanol–water partition coefficient (Wildman–Crippen LogP) is -0.818. The number of carbonyl (C=O) groups excluding carboxylic acids is 4. The summed E-state index contributed by atoms with van der Waals surface area (Å²) in [7, 11) is 2.52. The van der Waals surface area contributed by atoms with E-state index in [1.807, 2.05) is 0 Å².